The van der Waals surface area contributed by atoms with Crippen molar-refractivity contribution in [1.29, 1.82) is 0 Å². The van der Waals surface area contributed by atoms with Gasteiger partial charge >= 0.3 is 0 Å². The van der Waals surface area contributed by atoms with Crippen LogP contribution in [-0.4, -0.2) is 49.7 Å². The molecule has 1 heterocycles. The van der Waals surface area contributed by atoms with E-state index in [1.165, 1.54) is 0 Å². The maximum absolute atomic E-state index is 13.0. The molecule has 3 atom stereocenters. The van der Waals surface area contributed by atoms with Crippen LogP contribution < -0.4 is 0 Å². The number of sulfonamides is 1. The van der Waals surface area contributed by atoms with E-state index in [2.05, 4.69) is 0 Å². The standard InChI is InChI=1S/C16H23NO4S/c1-12-4-2-5-13(10-12)22(19,20)17-8-9-21-11-15(17)14-6-3-7-16(14)18/h2,4-5,10,14-16,18H,3,6-9,11H2,1H3/t14-,15-,16+/m1/s1. The summed E-state index contributed by atoms with van der Waals surface area (Å²) in [6, 6.07) is 6.72. The number of nitrogens with zero attached hydrogens (tertiary/aromatic N) is 1. The lowest BCUT2D eigenvalue weighted by Gasteiger charge is -2.39. The molecule has 2 fully saturated rings. The van der Waals surface area contributed by atoms with E-state index >= 15 is 0 Å². The number of hydrogen-bond acceptors (Lipinski definition) is 4. The van der Waals surface area contributed by atoms with Crippen molar-refractivity contribution in [2.45, 2.75) is 43.2 Å². The minimum Gasteiger partial charge on any atom is -0.393 e. The Kier molecular flexibility index (Phi) is 4.54. The predicted molar refractivity (Wildman–Crippen MR) is 83.0 cm³/mol. The molecule has 1 aromatic carbocycles. The summed E-state index contributed by atoms with van der Waals surface area (Å²) in [4.78, 5) is 0.326. The third kappa shape index (κ3) is 2.93. The molecule has 0 radical (unpaired) electrons. The summed E-state index contributed by atoms with van der Waals surface area (Å²) < 4.78 is 33.1. The van der Waals surface area contributed by atoms with E-state index in [1.807, 2.05) is 13.0 Å². The molecule has 22 heavy (non-hydrogen) atoms. The highest BCUT2D eigenvalue weighted by Crippen LogP contribution is 2.34. The molecule has 3 rings (SSSR count). The quantitative estimate of drug-likeness (QED) is 0.915. The van der Waals surface area contributed by atoms with Gasteiger partial charge in [0.05, 0.1) is 30.3 Å². The first kappa shape index (κ1) is 15.9. The van der Waals surface area contributed by atoms with Gasteiger partial charge in [0.25, 0.3) is 0 Å². The highest BCUT2D eigenvalue weighted by Gasteiger charge is 2.42. The molecule has 0 amide bonds. The summed E-state index contributed by atoms with van der Waals surface area (Å²) in [6.45, 7) is 3.01. The van der Waals surface area contributed by atoms with Gasteiger partial charge in [0.2, 0.25) is 10.0 Å². The van der Waals surface area contributed by atoms with Crippen LogP contribution in [0.3, 0.4) is 0 Å². The van der Waals surface area contributed by atoms with Crippen LogP contribution in [0.1, 0.15) is 24.8 Å². The minimum absolute atomic E-state index is 0.0279. The van der Waals surface area contributed by atoms with Crippen molar-refractivity contribution in [3.63, 3.8) is 0 Å². The lowest BCUT2D eigenvalue weighted by molar-refractivity contribution is -0.0148. The maximum atomic E-state index is 13.0. The van der Waals surface area contributed by atoms with Crippen LogP contribution in [0.25, 0.3) is 0 Å². The Morgan fingerprint density at radius 2 is 2.14 bits per heavy atom. The molecule has 1 N–H and O–H groups in total. The molecule has 2 aliphatic rings. The van der Waals surface area contributed by atoms with E-state index in [0.717, 1.165) is 24.8 Å². The molecule has 0 bridgehead atoms. The van der Waals surface area contributed by atoms with Gasteiger partial charge in [0, 0.05) is 12.5 Å². The average molecular weight is 325 g/mol. The van der Waals surface area contributed by atoms with Gasteiger partial charge in [-0.15, -0.1) is 0 Å². The summed E-state index contributed by atoms with van der Waals surface area (Å²) in [7, 11) is -3.55. The van der Waals surface area contributed by atoms with Crippen LogP contribution in [0, 0.1) is 12.8 Å². The molecule has 6 heteroatoms. The molecule has 0 aromatic heterocycles. The Balaban J connectivity index is 1.92. The van der Waals surface area contributed by atoms with Gasteiger partial charge in [-0.25, -0.2) is 8.42 Å². The third-order valence-electron chi connectivity index (χ3n) is 4.74. The number of aliphatic hydroxyl groups is 1. The Bertz CT molecular complexity index is 631. The largest absolute Gasteiger partial charge is 0.393 e. The Labute approximate surface area is 131 Å². The van der Waals surface area contributed by atoms with Gasteiger partial charge in [0.15, 0.2) is 0 Å². The molecule has 1 aliphatic carbocycles. The van der Waals surface area contributed by atoms with Gasteiger partial charge in [-0.1, -0.05) is 18.6 Å². The van der Waals surface area contributed by atoms with Crippen LogP contribution >= 0.6 is 0 Å². The van der Waals surface area contributed by atoms with Crippen molar-refractivity contribution in [1.82, 2.24) is 4.31 Å². The Morgan fingerprint density at radius 3 is 2.82 bits per heavy atom. The second-order valence-electron chi connectivity index (χ2n) is 6.24. The first-order valence-corrected chi connectivity index (χ1v) is 9.28. The Hall–Kier alpha value is -0.950. The van der Waals surface area contributed by atoms with Crippen molar-refractivity contribution in [2.75, 3.05) is 19.8 Å². The first-order chi connectivity index (χ1) is 10.5. The number of hydrogen-bond donors (Lipinski definition) is 1. The zero-order valence-corrected chi connectivity index (χ0v) is 13.6. The number of ether oxygens (including phenoxy) is 1. The normalized spacial score (nSPS) is 30.5. The molecular weight excluding hydrogens is 302 g/mol. The van der Waals surface area contributed by atoms with Crippen LogP contribution in [0.5, 0.6) is 0 Å². The highest BCUT2D eigenvalue weighted by atomic mass is 32.2. The molecule has 1 saturated heterocycles. The van der Waals surface area contributed by atoms with Crippen molar-refractivity contribution in [2.24, 2.45) is 5.92 Å². The second kappa shape index (κ2) is 6.28. The molecule has 0 spiro atoms. The van der Waals surface area contributed by atoms with Gasteiger partial charge in [-0.05, 0) is 37.5 Å². The predicted octanol–water partition coefficient (Wildman–Crippen LogP) is 1.55. The van der Waals surface area contributed by atoms with Gasteiger partial charge in [-0.2, -0.15) is 4.31 Å². The maximum Gasteiger partial charge on any atom is 0.243 e. The van der Waals surface area contributed by atoms with Crippen LogP contribution in [-0.2, 0) is 14.8 Å². The number of morpholine rings is 1. The first-order valence-electron chi connectivity index (χ1n) is 7.84. The fourth-order valence-electron chi connectivity index (χ4n) is 3.57. The zero-order valence-electron chi connectivity index (χ0n) is 12.8. The molecular formula is C16H23NO4S. The lowest BCUT2D eigenvalue weighted by atomic mass is 9.96. The van der Waals surface area contributed by atoms with Crippen molar-refractivity contribution >= 4 is 10.0 Å². The highest BCUT2D eigenvalue weighted by molar-refractivity contribution is 7.89. The van der Waals surface area contributed by atoms with Gasteiger partial charge < -0.3 is 9.84 Å². The van der Waals surface area contributed by atoms with E-state index in [1.54, 1.807) is 22.5 Å². The van der Waals surface area contributed by atoms with Crippen molar-refractivity contribution in [3.8, 4) is 0 Å². The number of aliphatic hydroxyl groups excluding tert-OH is 1. The molecule has 0 unspecified atom stereocenters. The summed E-state index contributed by atoms with van der Waals surface area (Å²) >= 11 is 0. The van der Waals surface area contributed by atoms with Crippen LogP contribution in [0.15, 0.2) is 29.2 Å². The summed E-state index contributed by atoms with van der Waals surface area (Å²) in [5.74, 6) is -0.0279. The summed E-state index contributed by atoms with van der Waals surface area (Å²) in [5, 5.41) is 10.2. The van der Waals surface area contributed by atoms with Crippen molar-refractivity contribution < 1.29 is 18.3 Å². The molecule has 1 aromatic rings. The zero-order chi connectivity index (χ0) is 15.7. The van der Waals surface area contributed by atoms with Crippen LogP contribution in [0.4, 0.5) is 0 Å². The van der Waals surface area contributed by atoms with E-state index < -0.39 is 16.1 Å². The fraction of sp³-hybridized carbons (Fsp3) is 0.625. The molecule has 5 nitrogen and oxygen atoms in total. The lowest BCUT2D eigenvalue weighted by Crippen LogP contribution is -2.53. The van der Waals surface area contributed by atoms with E-state index in [0.29, 0.717) is 24.7 Å². The summed E-state index contributed by atoms with van der Waals surface area (Å²) in [6.07, 6.45) is 2.12. The minimum atomic E-state index is -3.55. The van der Waals surface area contributed by atoms with Gasteiger partial charge in [-0.3, -0.25) is 0 Å². The smallest absolute Gasteiger partial charge is 0.243 e. The second-order valence-corrected chi connectivity index (χ2v) is 8.13. The summed E-state index contributed by atoms with van der Waals surface area (Å²) in [5.41, 5.74) is 0.923. The van der Waals surface area contributed by atoms with Gasteiger partial charge in [0.1, 0.15) is 0 Å². The van der Waals surface area contributed by atoms with E-state index in [-0.39, 0.29) is 12.0 Å². The topological polar surface area (TPSA) is 66.8 Å². The monoisotopic (exact) mass is 325 g/mol. The van der Waals surface area contributed by atoms with E-state index in [9.17, 15) is 13.5 Å². The molecule has 1 saturated carbocycles. The van der Waals surface area contributed by atoms with E-state index in [4.69, 9.17) is 4.74 Å². The molecule has 1 aliphatic heterocycles. The molecule has 122 valence electrons. The SMILES string of the molecule is Cc1cccc(S(=O)(=O)N2CCOC[C@@H]2[C@H]2CCC[C@@H]2O)c1. The van der Waals surface area contributed by atoms with Crippen molar-refractivity contribution in [3.05, 3.63) is 29.8 Å². The third-order valence-corrected chi connectivity index (χ3v) is 6.66. The number of aryl methyl sites for hydroxylation is 1. The van der Waals surface area contributed by atoms with Crippen LogP contribution in [0.2, 0.25) is 0 Å². The number of benzene rings is 1. The fourth-order valence-corrected chi connectivity index (χ4v) is 5.32. The Morgan fingerprint density at radius 1 is 1.32 bits per heavy atom. The number of rotatable bonds is 3. The average Bonchev–Trinajstić information content (AvgIpc) is 2.93.